The Morgan fingerprint density at radius 2 is 2.17 bits per heavy atom. The quantitative estimate of drug-likeness (QED) is 0.929. The zero-order valence-electron chi connectivity index (χ0n) is 13.5. The molecular formula is C18H24FNO3. The minimum absolute atomic E-state index is 0.0312. The van der Waals surface area contributed by atoms with Crippen molar-refractivity contribution < 1.29 is 19.0 Å². The number of halogens is 1. The second-order valence-corrected chi connectivity index (χ2v) is 6.74. The molecule has 1 amide bonds. The van der Waals surface area contributed by atoms with Crippen LogP contribution < -0.4 is 0 Å². The van der Waals surface area contributed by atoms with Gasteiger partial charge in [0.05, 0.1) is 30.8 Å². The zero-order chi connectivity index (χ0) is 16.4. The first-order valence-electron chi connectivity index (χ1n) is 8.36. The molecule has 5 heteroatoms. The number of benzene rings is 1. The van der Waals surface area contributed by atoms with Crippen molar-refractivity contribution in [2.45, 2.75) is 50.2 Å². The second-order valence-electron chi connectivity index (χ2n) is 6.74. The molecule has 1 saturated carbocycles. The molecule has 2 unspecified atom stereocenters. The smallest absolute Gasteiger partial charge is 0.233 e. The minimum Gasteiger partial charge on any atom is -0.394 e. The van der Waals surface area contributed by atoms with Crippen LogP contribution in [0.2, 0.25) is 0 Å². The van der Waals surface area contributed by atoms with Gasteiger partial charge < -0.3 is 14.7 Å². The third-order valence-electron chi connectivity index (χ3n) is 5.21. The molecule has 4 nitrogen and oxygen atoms in total. The molecule has 1 aromatic carbocycles. The van der Waals surface area contributed by atoms with Gasteiger partial charge in [0.1, 0.15) is 5.82 Å². The van der Waals surface area contributed by atoms with E-state index in [0.717, 1.165) is 31.2 Å². The molecule has 0 bridgehead atoms. The number of rotatable bonds is 3. The number of nitrogens with zero attached hydrogens (tertiary/aromatic N) is 1. The summed E-state index contributed by atoms with van der Waals surface area (Å²) in [6.45, 7) is 2.69. The molecule has 3 rings (SSSR count). The molecule has 1 heterocycles. The Bertz CT molecular complexity index is 571. The van der Waals surface area contributed by atoms with Crippen molar-refractivity contribution in [3.63, 3.8) is 0 Å². The van der Waals surface area contributed by atoms with Gasteiger partial charge >= 0.3 is 0 Å². The Balaban J connectivity index is 1.93. The average molecular weight is 321 g/mol. The van der Waals surface area contributed by atoms with Crippen molar-refractivity contribution in [3.05, 3.63) is 35.6 Å². The topological polar surface area (TPSA) is 49.8 Å². The van der Waals surface area contributed by atoms with Crippen molar-refractivity contribution in [2.75, 3.05) is 19.8 Å². The molecule has 1 aliphatic heterocycles. The van der Waals surface area contributed by atoms with E-state index in [4.69, 9.17) is 4.74 Å². The lowest BCUT2D eigenvalue weighted by Gasteiger charge is -2.42. The highest BCUT2D eigenvalue weighted by atomic mass is 19.1. The molecule has 1 aromatic rings. The highest BCUT2D eigenvalue weighted by molar-refractivity contribution is 5.89. The first kappa shape index (κ1) is 16.4. The highest BCUT2D eigenvalue weighted by Gasteiger charge is 2.47. The van der Waals surface area contributed by atoms with Crippen LogP contribution in [0.3, 0.4) is 0 Å². The van der Waals surface area contributed by atoms with Crippen LogP contribution in [-0.4, -0.2) is 47.8 Å². The maximum atomic E-state index is 13.7. The van der Waals surface area contributed by atoms with E-state index in [0.29, 0.717) is 13.2 Å². The highest BCUT2D eigenvalue weighted by Crippen LogP contribution is 2.43. The van der Waals surface area contributed by atoms with E-state index in [1.165, 1.54) is 12.1 Å². The predicted octanol–water partition coefficient (Wildman–Crippen LogP) is 2.25. The molecule has 1 aliphatic carbocycles. The number of amides is 1. The van der Waals surface area contributed by atoms with Crippen molar-refractivity contribution in [1.82, 2.24) is 4.90 Å². The van der Waals surface area contributed by atoms with Crippen LogP contribution in [0.5, 0.6) is 0 Å². The summed E-state index contributed by atoms with van der Waals surface area (Å²) in [5.74, 6) is -0.250. The van der Waals surface area contributed by atoms with Crippen LogP contribution in [0.4, 0.5) is 4.39 Å². The van der Waals surface area contributed by atoms with Crippen LogP contribution in [0.25, 0.3) is 0 Å². The average Bonchev–Trinajstić information content (AvgIpc) is 3.06. The van der Waals surface area contributed by atoms with Gasteiger partial charge in [-0.05, 0) is 37.5 Å². The summed E-state index contributed by atoms with van der Waals surface area (Å²) in [7, 11) is 0. The third-order valence-corrected chi connectivity index (χ3v) is 5.21. The van der Waals surface area contributed by atoms with Crippen LogP contribution in [0.1, 0.15) is 38.2 Å². The van der Waals surface area contributed by atoms with Crippen molar-refractivity contribution in [2.24, 2.45) is 0 Å². The van der Waals surface area contributed by atoms with Gasteiger partial charge in [-0.3, -0.25) is 4.79 Å². The molecule has 1 saturated heterocycles. The minimum atomic E-state index is -0.631. The molecule has 1 N–H and O–H groups in total. The number of hydrogen-bond donors (Lipinski definition) is 1. The van der Waals surface area contributed by atoms with Gasteiger partial charge in [-0.2, -0.15) is 0 Å². The fraction of sp³-hybridized carbons (Fsp3) is 0.611. The molecule has 2 fully saturated rings. The molecule has 0 radical (unpaired) electrons. The zero-order valence-corrected chi connectivity index (χ0v) is 13.5. The second kappa shape index (κ2) is 6.57. The largest absolute Gasteiger partial charge is 0.394 e. The lowest BCUT2D eigenvalue weighted by atomic mass is 9.77. The molecule has 0 spiro atoms. The van der Waals surface area contributed by atoms with E-state index < -0.39 is 5.41 Å². The standard InChI is InChI=1S/C18H24FNO3/c1-13-12-23-16(11-21)10-20(13)17(22)18(7-2-3-8-18)14-5-4-6-15(19)9-14/h4-6,9,13,16,21H,2-3,7-8,10-12H2,1H3. The predicted molar refractivity (Wildman–Crippen MR) is 84.5 cm³/mol. The Morgan fingerprint density at radius 3 is 2.83 bits per heavy atom. The number of hydrogen-bond acceptors (Lipinski definition) is 3. The molecule has 2 atom stereocenters. The fourth-order valence-corrected chi connectivity index (χ4v) is 3.88. The fourth-order valence-electron chi connectivity index (χ4n) is 3.88. The Kier molecular flexibility index (Phi) is 4.69. The number of carbonyl (C=O) groups excluding carboxylic acids is 1. The van der Waals surface area contributed by atoms with Crippen molar-refractivity contribution >= 4 is 5.91 Å². The normalized spacial score (nSPS) is 27.2. The monoisotopic (exact) mass is 321 g/mol. The molecule has 0 aromatic heterocycles. The lowest BCUT2D eigenvalue weighted by Crippen LogP contribution is -2.57. The van der Waals surface area contributed by atoms with E-state index in [1.807, 2.05) is 17.9 Å². The van der Waals surface area contributed by atoms with Gasteiger partial charge in [0.25, 0.3) is 0 Å². The summed E-state index contributed by atoms with van der Waals surface area (Å²) >= 11 is 0. The lowest BCUT2D eigenvalue weighted by molar-refractivity contribution is -0.152. The Morgan fingerprint density at radius 1 is 1.43 bits per heavy atom. The van der Waals surface area contributed by atoms with E-state index >= 15 is 0 Å². The summed E-state index contributed by atoms with van der Waals surface area (Å²) in [4.78, 5) is 15.2. The molecular weight excluding hydrogens is 297 g/mol. The summed E-state index contributed by atoms with van der Waals surface area (Å²) in [5.41, 5.74) is 0.146. The van der Waals surface area contributed by atoms with E-state index in [-0.39, 0.29) is 30.5 Å². The molecule has 126 valence electrons. The van der Waals surface area contributed by atoms with Crippen LogP contribution in [-0.2, 0) is 14.9 Å². The maximum absolute atomic E-state index is 13.7. The number of carbonyl (C=O) groups is 1. The van der Waals surface area contributed by atoms with Gasteiger partial charge in [0, 0.05) is 6.54 Å². The van der Waals surface area contributed by atoms with Crippen LogP contribution >= 0.6 is 0 Å². The van der Waals surface area contributed by atoms with Crippen molar-refractivity contribution in [3.8, 4) is 0 Å². The maximum Gasteiger partial charge on any atom is 0.233 e. The molecule has 2 aliphatic rings. The van der Waals surface area contributed by atoms with Crippen molar-refractivity contribution in [1.29, 1.82) is 0 Å². The SMILES string of the molecule is CC1COC(CO)CN1C(=O)C1(c2cccc(F)c2)CCCC1. The number of morpholine rings is 1. The molecule has 23 heavy (non-hydrogen) atoms. The number of aliphatic hydroxyl groups excluding tert-OH is 1. The first-order chi connectivity index (χ1) is 11.1. The summed E-state index contributed by atoms with van der Waals surface area (Å²) < 4.78 is 19.2. The van der Waals surface area contributed by atoms with Gasteiger partial charge in [-0.25, -0.2) is 4.39 Å². The van der Waals surface area contributed by atoms with Gasteiger partial charge in [-0.1, -0.05) is 25.0 Å². The number of aliphatic hydroxyl groups is 1. The van der Waals surface area contributed by atoms with E-state index in [2.05, 4.69) is 0 Å². The Labute approximate surface area is 136 Å². The Hall–Kier alpha value is -1.46. The first-order valence-corrected chi connectivity index (χ1v) is 8.36. The van der Waals surface area contributed by atoms with E-state index in [9.17, 15) is 14.3 Å². The van der Waals surface area contributed by atoms with Gasteiger partial charge in [0.15, 0.2) is 0 Å². The van der Waals surface area contributed by atoms with Crippen LogP contribution in [0, 0.1) is 5.82 Å². The third kappa shape index (κ3) is 3.00. The van der Waals surface area contributed by atoms with Gasteiger partial charge in [-0.15, -0.1) is 0 Å². The summed E-state index contributed by atoms with van der Waals surface area (Å²) in [6.07, 6.45) is 3.13. The van der Waals surface area contributed by atoms with Crippen LogP contribution in [0.15, 0.2) is 24.3 Å². The van der Waals surface area contributed by atoms with Gasteiger partial charge in [0.2, 0.25) is 5.91 Å². The van der Waals surface area contributed by atoms with E-state index in [1.54, 1.807) is 6.07 Å². The number of ether oxygens (including phenoxy) is 1. The summed E-state index contributed by atoms with van der Waals surface area (Å²) in [5, 5.41) is 9.35. The summed E-state index contributed by atoms with van der Waals surface area (Å²) in [6, 6.07) is 6.42.